The summed E-state index contributed by atoms with van der Waals surface area (Å²) in [6, 6.07) is 62.4. The van der Waals surface area contributed by atoms with E-state index in [1.54, 1.807) is 0 Å². The van der Waals surface area contributed by atoms with Crippen LogP contribution in [0.15, 0.2) is 180 Å². The fraction of sp³-hybridized carbons (Fsp3) is 0.333. The molecule has 7 aromatic rings. The van der Waals surface area contributed by atoms with Crippen molar-refractivity contribution in [3.8, 4) is 17.2 Å². The third-order valence-electron chi connectivity index (χ3n) is 14.1. The lowest BCUT2D eigenvalue weighted by atomic mass is 9.65. The Morgan fingerprint density at radius 2 is 0.712 bits per heavy atom. The number of para-hydroxylation sites is 1. The Kier molecular flexibility index (Phi) is 14.3. The molecular weight excluding hydrogens is 957 g/mol. The molecule has 0 saturated carbocycles. The first kappa shape index (κ1) is 53.2. The van der Waals surface area contributed by atoms with Gasteiger partial charge in [-0.2, -0.15) is 0 Å². The van der Waals surface area contributed by atoms with E-state index in [1.807, 2.05) is 18.2 Å². The maximum atomic E-state index is 8.90. The molecule has 1 aliphatic rings. The van der Waals surface area contributed by atoms with Crippen LogP contribution in [0.5, 0.6) is 17.2 Å². The number of hydrogen-bond donors (Lipinski definition) is 0. The van der Waals surface area contributed by atoms with Gasteiger partial charge in [-0.1, -0.05) is 273 Å². The molecule has 0 heterocycles. The van der Waals surface area contributed by atoms with Crippen LogP contribution in [0.1, 0.15) is 159 Å². The second kappa shape index (κ2) is 19.6. The molecule has 0 saturated heterocycles. The second-order valence-electron chi connectivity index (χ2n) is 25.2. The topological polar surface area (TPSA) is 27.7 Å². The first-order valence-electron chi connectivity index (χ1n) is 26.0. The molecule has 73 heavy (non-hydrogen) atoms. The van der Waals surface area contributed by atoms with E-state index in [4.69, 9.17) is 14.2 Å². The zero-order valence-corrected chi connectivity index (χ0v) is 47.9. The third-order valence-corrected chi connectivity index (χ3v) is 14.9. The maximum Gasteiger partial charge on any atom is 0.329 e. The Bertz CT molecular complexity index is 3060. The minimum Gasteiger partial charge on any atom is -0.469 e. The van der Waals surface area contributed by atoms with Crippen molar-refractivity contribution >= 4 is 32.6 Å². The van der Waals surface area contributed by atoms with Crippen molar-refractivity contribution in [2.75, 3.05) is 0 Å². The maximum absolute atomic E-state index is 8.90. The van der Waals surface area contributed by atoms with E-state index in [9.17, 15) is 0 Å². The van der Waals surface area contributed by atoms with Crippen LogP contribution in [0.4, 0.5) is 0 Å². The Morgan fingerprint density at radius 1 is 0.370 bits per heavy atom. The number of benzene rings is 7. The lowest BCUT2D eigenvalue weighted by Crippen LogP contribution is -2.66. The summed E-state index contributed by atoms with van der Waals surface area (Å²) in [4.78, 5) is 0. The zero-order chi connectivity index (χ0) is 52.9. The molecule has 0 spiro atoms. The molecule has 0 bridgehead atoms. The quantitative estimate of drug-likeness (QED) is 0.128. The van der Waals surface area contributed by atoms with E-state index in [2.05, 4.69) is 284 Å². The van der Waals surface area contributed by atoms with Crippen LogP contribution in [-0.2, 0) is 32.7 Å². The number of ether oxygens (including phenoxy) is 3. The number of hydrogen-bond acceptors (Lipinski definition) is 3. The standard InChI is InChI=1S/C69H77BrO3/c1-46-42-53(64(5,6)7)61(54(43-46)65(8,9)10)72-69(73-62-55(66(11,12)13)44-51(63(2,3)4)45-56(62)67(14,15)16)58(48-34-24-18-25-35-48)57(47-32-22-17-23-33-47)60(70)59(49-36-26-19-27-37-49)68(69,50-38-28-20-29-39-50)71-52-40-30-21-31-41-52/h17-45H,1-16H3. The highest BCUT2D eigenvalue weighted by atomic mass is 79.9. The van der Waals surface area contributed by atoms with Crippen LogP contribution in [0.3, 0.4) is 0 Å². The minimum atomic E-state index is -1.92. The van der Waals surface area contributed by atoms with Gasteiger partial charge in [0.25, 0.3) is 0 Å². The monoisotopic (exact) mass is 1030 g/mol. The van der Waals surface area contributed by atoms with Crippen LogP contribution in [0, 0.1) is 6.92 Å². The summed E-state index contributed by atoms with van der Waals surface area (Å²) in [5.41, 5.74) is 9.59. The highest BCUT2D eigenvalue weighted by Crippen LogP contribution is 2.65. The van der Waals surface area contributed by atoms with Gasteiger partial charge in [-0.3, -0.25) is 0 Å². The summed E-state index contributed by atoms with van der Waals surface area (Å²) in [5, 5.41) is 0. The van der Waals surface area contributed by atoms with Crippen LogP contribution in [0.25, 0.3) is 16.7 Å². The van der Waals surface area contributed by atoms with Crippen LogP contribution >= 0.6 is 15.9 Å². The van der Waals surface area contributed by atoms with Gasteiger partial charge in [0.15, 0.2) is 0 Å². The largest absolute Gasteiger partial charge is 0.469 e. The molecular formula is C69H77BrO3. The normalized spacial score (nSPS) is 17.9. The molecule has 0 N–H and O–H groups in total. The van der Waals surface area contributed by atoms with Crippen molar-refractivity contribution in [1.29, 1.82) is 0 Å². The van der Waals surface area contributed by atoms with Gasteiger partial charge in [-0.15, -0.1) is 0 Å². The van der Waals surface area contributed by atoms with E-state index < -0.39 is 22.2 Å². The van der Waals surface area contributed by atoms with E-state index in [-0.39, 0.29) is 16.2 Å². The first-order valence-corrected chi connectivity index (χ1v) is 26.8. The van der Waals surface area contributed by atoms with E-state index in [0.29, 0.717) is 5.75 Å². The van der Waals surface area contributed by atoms with Gasteiger partial charge in [0.1, 0.15) is 17.2 Å². The van der Waals surface area contributed by atoms with Crippen molar-refractivity contribution < 1.29 is 14.2 Å². The summed E-state index contributed by atoms with van der Waals surface area (Å²) >= 11 is 4.50. The number of aryl methyl sites for hydroxylation is 1. The number of halogens is 1. The van der Waals surface area contributed by atoms with Gasteiger partial charge < -0.3 is 14.2 Å². The molecule has 0 aliphatic heterocycles. The molecule has 8 rings (SSSR count). The molecule has 4 heteroatoms. The van der Waals surface area contributed by atoms with Gasteiger partial charge in [0.05, 0.1) is 5.57 Å². The van der Waals surface area contributed by atoms with Crippen molar-refractivity contribution in [2.24, 2.45) is 0 Å². The fourth-order valence-electron chi connectivity index (χ4n) is 10.3. The Balaban J connectivity index is 1.79. The average molecular weight is 1030 g/mol. The number of allylic oxidation sites excluding steroid dienone is 2. The smallest absolute Gasteiger partial charge is 0.329 e. The molecule has 0 radical (unpaired) electrons. The van der Waals surface area contributed by atoms with E-state index in [0.717, 1.165) is 82.8 Å². The van der Waals surface area contributed by atoms with Crippen molar-refractivity contribution in [3.63, 3.8) is 0 Å². The van der Waals surface area contributed by atoms with Crippen LogP contribution in [0.2, 0.25) is 0 Å². The fourth-order valence-corrected chi connectivity index (χ4v) is 11.3. The molecule has 1 aliphatic carbocycles. The summed E-state index contributed by atoms with van der Waals surface area (Å²) in [6.45, 7) is 36.7. The van der Waals surface area contributed by atoms with E-state index in [1.165, 1.54) is 5.56 Å². The highest BCUT2D eigenvalue weighted by Gasteiger charge is 2.69. The Labute approximate surface area is 446 Å². The summed E-state index contributed by atoms with van der Waals surface area (Å²) in [5.74, 6) is 0.253. The van der Waals surface area contributed by atoms with Gasteiger partial charge in [0.2, 0.25) is 5.60 Å². The van der Waals surface area contributed by atoms with E-state index >= 15 is 0 Å². The summed E-state index contributed by atoms with van der Waals surface area (Å²) < 4.78 is 26.9. The minimum absolute atomic E-state index is 0.170. The van der Waals surface area contributed by atoms with Crippen molar-refractivity contribution in [1.82, 2.24) is 0 Å². The molecule has 0 fully saturated rings. The van der Waals surface area contributed by atoms with Gasteiger partial charge >= 0.3 is 5.79 Å². The Morgan fingerprint density at radius 3 is 1.10 bits per heavy atom. The molecule has 3 nitrogen and oxygen atoms in total. The van der Waals surface area contributed by atoms with Crippen molar-refractivity contribution in [2.45, 2.75) is 149 Å². The third kappa shape index (κ3) is 10.3. The summed E-state index contributed by atoms with van der Waals surface area (Å²) in [6.07, 6.45) is 0. The Hall–Kier alpha value is -6.10. The lowest BCUT2D eigenvalue weighted by Gasteiger charge is -2.55. The molecule has 2 unspecified atom stereocenters. The molecule has 0 aromatic heterocycles. The zero-order valence-electron chi connectivity index (χ0n) is 46.3. The second-order valence-corrected chi connectivity index (χ2v) is 26.0. The lowest BCUT2D eigenvalue weighted by molar-refractivity contribution is -0.171. The molecule has 378 valence electrons. The highest BCUT2D eigenvalue weighted by molar-refractivity contribution is 9.12. The predicted molar refractivity (Wildman–Crippen MR) is 312 cm³/mol. The van der Waals surface area contributed by atoms with Crippen LogP contribution < -0.4 is 14.2 Å². The van der Waals surface area contributed by atoms with Gasteiger partial charge in [-0.25, -0.2) is 0 Å². The van der Waals surface area contributed by atoms with Gasteiger partial charge in [0, 0.05) is 43.4 Å². The average Bonchev–Trinajstić information content (AvgIpc) is 3.32. The van der Waals surface area contributed by atoms with Crippen LogP contribution in [-0.4, -0.2) is 5.79 Å². The predicted octanol–water partition coefficient (Wildman–Crippen LogP) is 19.0. The molecule has 0 amide bonds. The first-order chi connectivity index (χ1) is 34.2. The number of rotatable bonds is 10. The van der Waals surface area contributed by atoms with Gasteiger partial charge in [-0.05, 0) is 84.3 Å². The molecule has 2 atom stereocenters. The molecule has 7 aromatic carbocycles. The SMILES string of the molecule is Cc1cc(C(C)(C)C)c(OC2(Oc3c(C(C)(C)C)cc(C(C)(C)C)cc3C(C)(C)C)C(c3ccccc3)=C(c3ccccc3)C(Br)=C(c3ccccc3)C2(Oc2ccccc2)c2ccccc2)c(C(C)(C)C)c1. The van der Waals surface area contributed by atoms with Crippen molar-refractivity contribution in [3.05, 3.63) is 236 Å². The summed E-state index contributed by atoms with van der Waals surface area (Å²) in [7, 11) is 0.